The summed E-state index contributed by atoms with van der Waals surface area (Å²) in [6.07, 6.45) is 0.521. The fraction of sp³-hybridized carbons (Fsp3) is 0.500. The van der Waals surface area contributed by atoms with Gasteiger partial charge in [0.2, 0.25) is 10.0 Å². The summed E-state index contributed by atoms with van der Waals surface area (Å²) in [4.78, 5) is 2.31. The summed E-state index contributed by atoms with van der Waals surface area (Å²) in [6, 6.07) is 14.7. The zero-order chi connectivity index (χ0) is 25.6. The molecule has 0 saturated carbocycles. The van der Waals surface area contributed by atoms with Crippen LogP contribution in [0.15, 0.2) is 53.4 Å². The van der Waals surface area contributed by atoms with Crippen LogP contribution in [0.3, 0.4) is 0 Å². The van der Waals surface area contributed by atoms with E-state index in [1.54, 1.807) is 25.1 Å². The molecule has 0 amide bonds. The summed E-state index contributed by atoms with van der Waals surface area (Å²) in [7, 11) is -1.81. The van der Waals surface area contributed by atoms with E-state index in [9.17, 15) is 13.5 Å². The van der Waals surface area contributed by atoms with Gasteiger partial charge in [0.1, 0.15) is 16.7 Å². The first-order chi connectivity index (χ1) is 16.6. The normalized spacial score (nSPS) is 20.8. The second kappa shape index (κ2) is 12.0. The maximum Gasteiger partial charge on any atom is 0.247 e. The Bertz CT molecular complexity index is 1140. The minimum Gasteiger partial charge on any atom is -0.487 e. The summed E-state index contributed by atoms with van der Waals surface area (Å²) in [6.45, 7) is 9.36. The van der Waals surface area contributed by atoms with Crippen molar-refractivity contribution in [1.82, 2.24) is 9.21 Å². The molecule has 3 rings (SSSR count). The van der Waals surface area contributed by atoms with E-state index in [1.165, 1.54) is 9.87 Å². The van der Waals surface area contributed by atoms with E-state index < -0.39 is 16.1 Å². The SMILES string of the molecule is CC(C)CC#Cc1ccc2c(c1)O[C@@H](CN(C)Cc1ccccc1)[C@@H](C)CN([C@@H](C)CO)S2(=O)=O. The summed E-state index contributed by atoms with van der Waals surface area (Å²) >= 11 is 0. The average molecular weight is 499 g/mol. The number of rotatable bonds is 7. The molecule has 1 N–H and O–H groups in total. The number of sulfonamides is 1. The number of aliphatic hydroxyl groups is 1. The van der Waals surface area contributed by atoms with E-state index in [0.717, 1.165) is 18.5 Å². The van der Waals surface area contributed by atoms with E-state index in [4.69, 9.17) is 4.74 Å². The van der Waals surface area contributed by atoms with Crippen LogP contribution >= 0.6 is 0 Å². The highest BCUT2D eigenvalue weighted by Gasteiger charge is 2.38. The summed E-state index contributed by atoms with van der Waals surface area (Å²) < 4.78 is 35.0. The molecule has 35 heavy (non-hydrogen) atoms. The van der Waals surface area contributed by atoms with Crippen LogP contribution in [0.4, 0.5) is 0 Å². The second-order valence-corrected chi connectivity index (χ2v) is 11.8. The first-order valence-corrected chi connectivity index (χ1v) is 13.7. The zero-order valence-electron chi connectivity index (χ0n) is 21.4. The molecular weight excluding hydrogens is 460 g/mol. The number of hydrogen-bond donors (Lipinski definition) is 1. The van der Waals surface area contributed by atoms with Crippen molar-refractivity contribution in [3.63, 3.8) is 0 Å². The Morgan fingerprint density at radius 1 is 1.17 bits per heavy atom. The van der Waals surface area contributed by atoms with Gasteiger partial charge in [0.05, 0.1) is 6.61 Å². The van der Waals surface area contributed by atoms with Crippen LogP contribution in [-0.2, 0) is 16.6 Å². The van der Waals surface area contributed by atoms with Crippen LogP contribution in [0.2, 0.25) is 0 Å². The maximum atomic E-state index is 13.6. The largest absolute Gasteiger partial charge is 0.487 e. The van der Waals surface area contributed by atoms with Crippen molar-refractivity contribution < 1.29 is 18.3 Å². The van der Waals surface area contributed by atoms with E-state index in [-0.39, 0.29) is 30.1 Å². The van der Waals surface area contributed by atoms with Gasteiger partial charge in [-0.25, -0.2) is 8.42 Å². The van der Waals surface area contributed by atoms with Gasteiger partial charge in [0.25, 0.3) is 0 Å². The van der Waals surface area contributed by atoms with Crippen molar-refractivity contribution in [3.8, 4) is 17.6 Å². The molecule has 0 unspecified atom stereocenters. The fourth-order valence-corrected chi connectivity index (χ4v) is 5.97. The molecule has 0 fully saturated rings. The van der Waals surface area contributed by atoms with Crippen molar-refractivity contribution in [2.75, 3.05) is 26.7 Å². The van der Waals surface area contributed by atoms with Crippen LogP contribution in [0.5, 0.6) is 5.75 Å². The van der Waals surface area contributed by atoms with E-state index in [1.807, 2.05) is 32.2 Å². The molecule has 0 radical (unpaired) electrons. The molecule has 7 heteroatoms. The van der Waals surface area contributed by atoms with E-state index in [2.05, 4.69) is 42.7 Å². The average Bonchev–Trinajstić information content (AvgIpc) is 2.81. The molecule has 2 aromatic carbocycles. The van der Waals surface area contributed by atoms with Gasteiger partial charge in [-0.2, -0.15) is 4.31 Å². The lowest BCUT2D eigenvalue weighted by Gasteiger charge is -2.37. The predicted molar refractivity (Wildman–Crippen MR) is 140 cm³/mol. The van der Waals surface area contributed by atoms with Gasteiger partial charge >= 0.3 is 0 Å². The van der Waals surface area contributed by atoms with E-state index in [0.29, 0.717) is 18.2 Å². The topological polar surface area (TPSA) is 70.1 Å². The Morgan fingerprint density at radius 2 is 1.89 bits per heavy atom. The smallest absolute Gasteiger partial charge is 0.247 e. The number of fused-ring (bicyclic) bond motifs is 1. The molecular formula is C28H38N2O4S. The number of hydrogen-bond acceptors (Lipinski definition) is 5. The third kappa shape index (κ3) is 7.08. The number of aliphatic hydroxyl groups excluding tert-OH is 1. The van der Waals surface area contributed by atoms with Crippen molar-refractivity contribution in [1.29, 1.82) is 0 Å². The lowest BCUT2D eigenvalue weighted by Crippen LogP contribution is -2.49. The summed E-state index contributed by atoms with van der Waals surface area (Å²) in [5, 5.41) is 9.81. The van der Waals surface area contributed by atoms with Gasteiger partial charge in [0, 0.05) is 43.6 Å². The lowest BCUT2D eigenvalue weighted by atomic mass is 10.0. The quantitative estimate of drug-likeness (QED) is 0.585. The maximum absolute atomic E-state index is 13.6. The lowest BCUT2D eigenvalue weighted by molar-refractivity contribution is 0.0733. The molecule has 6 nitrogen and oxygen atoms in total. The van der Waals surface area contributed by atoms with Crippen molar-refractivity contribution >= 4 is 10.0 Å². The minimum absolute atomic E-state index is 0.0965. The van der Waals surface area contributed by atoms with E-state index >= 15 is 0 Å². The van der Waals surface area contributed by atoms with Crippen molar-refractivity contribution in [2.24, 2.45) is 11.8 Å². The first-order valence-electron chi connectivity index (χ1n) is 12.3. The third-order valence-corrected chi connectivity index (χ3v) is 8.22. The van der Waals surface area contributed by atoms with Crippen molar-refractivity contribution in [3.05, 3.63) is 59.7 Å². The molecule has 3 atom stereocenters. The van der Waals surface area contributed by atoms with Crippen LogP contribution in [0.1, 0.15) is 45.2 Å². The highest BCUT2D eigenvalue weighted by molar-refractivity contribution is 7.89. The minimum atomic E-state index is -3.85. The Morgan fingerprint density at radius 3 is 2.54 bits per heavy atom. The third-order valence-electron chi connectivity index (χ3n) is 6.20. The number of ether oxygens (including phenoxy) is 1. The Kier molecular flexibility index (Phi) is 9.37. The highest BCUT2D eigenvalue weighted by atomic mass is 32.2. The van der Waals surface area contributed by atoms with Gasteiger partial charge in [-0.05, 0) is 43.7 Å². The molecule has 1 aliphatic rings. The monoisotopic (exact) mass is 498 g/mol. The number of benzene rings is 2. The Balaban J connectivity index is 1.97. The fourth-order valence-electron chi connectivity index (χ4n) is 4.15. The molecule has 0 aromatic heterocycles. The molecule has 0 saturated heterocycles. The first kappa shape index (κ1) is 27.2. The van der Waals surface area contributed by atoms with Crippen LogP contribution in [-0.4, -0.2) is 61.6 Å². The molecule has 0 bridgehead atoms. The Hall–Kier alpha value is -2.37. The Labute approximate surface area is 211 Å². The zero-order valence-corrected chi connectivity index (χ0v) is 22.3. The molecule has 190 valence electrons. The summed E-state index contributed by atoms with van der Waals surface area (Å²) in [5.74, 6) is 7.00. The highest BCUT2D eigenvalue weighted by Crippen LogP contribution is 2.34. The molecule has 0 spiro atoms. The number of likely N-dealkylation sites (N-methyl/N-ethyl adjacent to an activating group) is 1. The summed E-state index contributed by atoms with van der Waals surface area (Å²) in [5.41, 5.74) is 1.93. The van der Waals surface area contributed by atoms with Crippen LogP contribution in [0.25, 0.3) is 0 Å². The standard InChI is InChI=1S/C28H38N2O4S/c1-21(2)10-9-13-24-14-15-28-26(16-24)34-27(19-29(5)18-25-11-7-6-8-12-25)22(3)17-30(23(4)20-31)35(28,32)33/h6-8,11-12,14-16,21-23,27,31H,10,17-20H2,1-5H3/t22-,23-,27-/m0/s1. The van der Waals surface area contributed by atoms with Gasteiger partial charge < -0.3 is 9.84 Å². The van der Waals surface area contributed by atoms with Gasteiger partial charge in [0.15, 0.2) is 0 Å². The molecule has 1 aliphatic heterocycles. The predicted octanol–water partition coefficient (Wildman–Crippen LogP) is 3.98. The molecule has 2 aromatic rings. The second-order valence-electron chi connectivity index (χ2n) is 9.98. The molecule has 0 aliphatic carbocycles. The van der Waals surface area contributed by atoms with Gasteiger partial charge in [-0.15, -0.1) is 0 Å². The van der Waals surface area contributed by atoms with Crippen molar-refractivity contribution in [2.45, 2.75) is 57.7 Å². The van der Waals surface area contributed by atoms with Gasteiger partial charge in [-0.3, -0.25) is 4.90 Å². The van der Waals surface area contributed by atoms with Crippen LogP contribution < -0.4 is 4.74 Å². The number of nitrogens with zero attached hydrogens (tertiary/aromatic N) is 2. The van der Waals surface area contributed by atoms with Gasteiger partial charge in [-0.1, -0.05) is 62.9 Å². The van der Waals surface area contributed by atoms with Crippen LogP contribution in [0, 0.1) is 23.7 Å². The molecule has 1 heterocycles.